The van der Waals surface area contributed by atoms with Crippen LogP contribution in [0.4, 0.5) is 0 Å². The third-order valence-corrected chi connectivity index (χ3v) is 1.00. The van der Waals surface area contributed by atoms with Crippen molar-refractivity contribution in [1.82, 2.24) is 5.32 Å². The zero-order valence-corrected chi connectivity index (χ0v) is 6.98. The normalized spacial score (nSPS) is 10.4. The highest BCUT2D eigenvalue weighted by molar-refractivity contribution is 5.77. The van der Waals surface area contributed by atoms with E-state index in [1.54, 1.807) is 13.8 Å². The van der Waals surface area contributed by atoms with Crippen LogP contribution in [0, 0.1) is 12.3 Å². The molecule has 11 heavy (non-hydrogen) atoms. The molecule has 0 aromatic rings. The molecule has 0 saturated heterocycles. The molecule has 0 spiro atoms. The highest BCUT2D eigenvalue weighted by Gasteiger charge is 2.15. The highest BCUT2D eigenvalue weighted by atomic mass is 16.1. The van der Waals surface area contributed by atoms with Gasteiger partial charge in [0, 0.05) is 12.0 Å². The first-order valence-corrected chi connectivity index (χ1v) is 3.45. The van der Waals surface area contributed by atoms with Gasteiger partial charge in [-0.15, -0.1) is 6.42 Å². The molecule has 3 heteroatoms. The number of nitrogens with two attached hydrogens (primary N) is 1. The summed E-state index contributed by atoms with van der Waals surface area (Å²) >= 11 is 0. The van der Waals surface area contributed by atoms with Gasteiger partial charge >= 0.3 is 0 Å². The van der Waals surface area contributed by atoms with Gasteiger partial charge in [0.15, 0.2) is 0 Å². The highest BCUT2D eigenvalue weighted by Crippen LogP contribution is 2.01. The van der Waals surface area contributed by atoms with Crippen molar-refractivity contribution in [2.24, 2.45) is 5.73 Å². The summed E-state index contributed by atoms with van der Waals surface area (Å²) in [7, 11) is 0. The van der Waals surface area contributed by atoms with Gasteiger partial charge < -0.3 is 11.1 Å². The van der Waals surface area contributed by atoms with E-state index in [1.165, 1.54) is 0 Å². The summed E-state index contributed by atoms with van der Waals surface area (Å²) in [5, 5.41) is 2.53. The number of hydrogen-bond donors (Lipinski definition) is 2. The molecule has 3 nitrogen and oxygen atoms in total. The van der Waals surface area contributed by atoms with Crippen molar-refractivity contribution in [2.75, 3.05) is 6.54 Å². The fraction of sp³-hybridized carbons (Fsp3) is 0.625. The molecule has 0 aliphatic rings. The molecule has 0 radical (unpaired) electrons. The Balaban J connectivity index is 3.64. The van der Waals surface area contributed by atoms with Crippen molar-refractivity contribution in [3.05, 3.63) is 0 Å². The third kappa shape index (κ3) is 6.88. The Bertz CT molecular complexity index is 174. The molecular formula is C8H14N2O. The first-order chi connectivity index (χ1) is 4.95. The largest absolute Gasteiger partial charge is 0.345 e. The zero-order valence-electron chi connectivity index (χ0n) is 6.98. The van der Waals surface area contributed by atoms with Crippen LogP contribution in [0.3, 0.4) is 0 Å². The predicted molar refractivity (Wildman–Crippen MR) is 44.7 cm³/mol. The van der Waals surface area contributed by atoms with E-state index >= 15 is 0 Å². The van der Waals surface area contributed by atoms with E-state index in [2.05, 4.69) is 11.2 Å². The lowest BCUT2D eigenvalue weighted by atomic mass is 10.0. The molecule has 0 saturated carbocycles. The van der Waals surface area contributed by atoms with Gasteiger partial charge in [-0.05, 0) is 13.8 Å². The molecule has 0 rings (SSSR count). The van der Waals surface area contributed by atoms with Gasteiger partial charge in [0.25, 0.3) is 0 Å². The fourth-order valence-electron chi connectivity index (χ4n) is 0.626. The molecule has 0 aromatic heterocycles. The Hall–Kier alpha value is -1.01. The molecular weight excluding hydrogens is 140 g/mol. The first-order valence-electron chi connectivity index (χ1n) is 3.45. The van der Waals surface area contributed by atoms with Crippen LogP contribution < -0.4 is 11.1 Å². The van der Waals surface area contributed by atoms with Crippen LogP contribution >= 0.6 is 0 Å². The Kier molecular flexibility index (Phi) is 3.63. The van der Waals surface area contributed by atoms with Crippen LogP contribution in [0.2, 0.25) is 0 Å². The number of amides is 1. The van der Waals surface area contributed by atoms with E-state index in [9.17, 15) is 4.79 Å². The van der Waals surface area contributed by atoms with Crippen LogP contribution in [0.25, 0.3) is 0 Å². The molecule has 0 aliphatic heterocycles. The Morgan fingerprint density at radius 1 is 1.73 bits per heavy atom. The fourth-order valence-corrected chi connectivity index (χ4v) is 0.626. The molecule has 0 fully saturated rings. The lowest BCUT2D eigenvalue weighted by Gasteiger charge is -2.16. The van der Waals surface area contributed by atoms with E-state index in [0.717, 1.165) is 0 Å². The molecule has 62 valence electrons. The van der Waals surface area contributed by atoms with E-state index in [4.69, 9.17) is 12.2 Å². The minimum absolute atomic E-state index is 0.101. The maximum Gasteiger partial charge on any atom is 0.222 e. The monoisotopic (exact) mass is 154 g/mol. The number of carbonyl (C=O) groups excluding carboxylic acids is 1. The molecule has 0 aliphatic carbocycles. The van der Waals surface area contributed by atoms with Gasteiger partial charge in [-0.2, -0.15) is 0 Å². The van der Waals surface area contributed by atoms with Gasteiger partial charge in [-0.3, -0.25) is 4.79 Å². The maximum atomic E-state index is 10.9. The topological polar surface area (TPSA) is 55.1 Å². The smallest absolute Gasteiger partial charge is 0.222 e. The van der Waals surface area contributed by atoms with E-state index < -0.39 is 5.54 Å². The molecule has 3 N–H and O–H groups in total. The molecule has 0 bridgehead atoms. The summed E-state index contributed by atoms with van der Waals surface area (Å²) in [5.41, 5.74) is 5.14. The standard InChI is InChI=1S/C8H14N2O/c1-4-5-10-7(11)6-8(2,3)9/h1H,5-6,9H2,2-3H3,(H,10,11). The van der Waals surface area contributed by atoms with Gasteiger partial charge in [-0.1, -0.05) is 5.92 Å². The quantitative estimate of drug-likeness (QED) is 0.556. The van der Waals surface area contributed by atoms with Crippen molar-refractivity contribution in [3.8, 4) is 12.3 Å². The summed E-state index contributed by atoms with van der Waals surface area (Å²) in [6.45, 7) is 3.86. The second-order valence-corrected chi connectivity index (χ2v) is 3.15. The summed E-state index contributed by atoms with van der Waals surface area (Å²) in [6.07, 6.45) is 5.24. The third-order valence-electron chi connectivity index (χ3n) is 1.00. The van der Waals surface area contributed by atoms with E-state index in [0.29, 0.717) is 6.42 Å². The Morgan fingerprint density at radius 3 is 2.64 bits per heavy atom. The zero-order chi connectivity index (χ0) is 8.91. The summed E-state index contributed by atoms with van der Waals surface area (Å²) < 4.78 is 0. The lowest BCUT2D eigenvalue weighted by molar-refractivity contribution is -0.121. The first kappa shape index (κ1) is 9.99. The van der Waals surface area contributed by atoms with Crippen molar-refractivity contribution < 1.29 is 4.79 Å². The molecule has 0 unspecified atom stereocenters. The minimum Gasteiger partial charge on any atom is -0.345 e. The van der Waals surface area contributed by atoms with Crippen molar-refractivity contribution >= 4 is 5.91 Å². The number of nitrogens with one attached hydrogen (secondary N) is 1. The SMILES string of the molecule is C#CCNC(=O)CC(C)(C)N. The van der Waals surface area contributed by atoms with Crippen molar-refractivity contribution in [2.45, 2.75) is 25.8 Å². The number of hydrogen-bond acceptors (Lipinski definition) is 2. The van der Waals surface area contributed by atoms with E-state index in [1.807, 2.05) is 0 Å². The van der Waals surface area contributed by atoms with Crippen LogP contribution in [-0.2, 0) is 4.79 Å². The maximum absolute atomic E-state index is 10.9. The van der Waals surface area contributed by atoms with Crippen LogP contribution in [0.1, 0.15) is 20.3 Å². The molecule has 1 amide bonds. The second kappa shape index (κ2) is 3.99. The van der Waals surface area contributed by atoms with Crippen molar-refractivity contribution in [1.29, 1.82) is 0 Å². The Morgan fingerprint density at radius 2 is 2.27 bits per heavy atom. The number of carbonyl (C=O) groups is 1. The average molecular weight is 154 g/mol. The molecule has 0 atom stereocenters. The number of terminal acetylenes is 1. The van der Waals surface area contributed by atoms with Crippen molar-refractivity contribution in [3.63, 3.8) is 0 Å². The summed E-state index contributed by atoms with van der Waals surface area (Å²) in [5.74, 6) is 2.21. The predicted octanol–water partition coefficient (Wildman–Crippen LogP) is -0.137. The van der Waals surface area contributed by atoms with Gasteiger partial charge in [0.1, 0.15) is 0 Å². The summed E-state index contributed by atoms with van der Waals surface area (Å²) in [6, 6.07) is 0. The van der Waals surface area contributed by atoms with Crippen LogP contribution in [0.5, 0.6) is 0 Å². The van der Waals surface area contributed by atoms with E-state index in [-0.39, 0.29) is 12.5 Å². The van der Waals surface area contributed by atoms with Gasteiger partial charge in [0.05, 0.1) is 6.54 Å². The van der Waals surface area contributed by atoms with Crippen LogP contribution in [0.15, 0.2) is 0 Å². The number of rotatable bonds is 3. The average Bonchev–Trinajstić information content (AvgIpc) is 1.79. The minimum atomic E-state index is -0.460. The molecule has 0 aromatic carbocycles. The van der Waals surface area contributed by atoms with Crippen LogP contribution in [-0.4, -0.2) is 18.0 Å². The lowest BCUT2D eigenvalue weighted by Crippen LogP contribution is -2.39. The second-order valence-electron chi connectivity index (χ2n) is 3.15. The Labute approximate surface area is 67.3 Å². The summed E-state index contributed by atoms with van der Waals surface area (Å²) in [4.78, 5) is 10.9. The molecule has 0 heterocycles. The van der Waals surface area contributed by atoms with Gasteiger partial charge in [0.2, 0.25) is 5.91 Å². The van der Waals surface area contributed by atoms with Gasteiger partial charge in [-0.25, -0.2) is 0 Å².